The number of hydrogen-bond acceptors (Lipinski definition) is 5. The average molecular weight is 333 g/mol. The molecule has 2 fully saturated rings. The summed E-state index contributed by atoms with van der Waals surface area (Å²) in [6, 6.07) is 4.08. The smallest absolute Gasteiger partial charge is 0.252 e. The Morgan fingerprint density at radius 2 is 2.25 bits per heavy atom. The number of aromatic nitrogens is 1. The second kappa shape index (κ2) is 7.94. The van der Waals surface area contributed by atoms with Gasteiger partial charge in [-0.05, 0) is 37.8 Å². The van der Waals surface area contributed by atoms with E-state index in [1.165, 1.54) is 25.7 Å². The highest BCUT2D eigenvalue weighted by Crippen LogP contribution is 2.40. The van der Waals surface area contributed by atoms with Crippen LogP contribution in [0.5, 0.6) is 0 Å². The van der Waals surface area contributed by atoms with E-state index in [4.69, 9.17) is 9.47 Å². The van der Waals surface area contributed by atoms with Crippen molar-refractivity contribution < 1.29 is 14.3 Å². The number of methoxy groups -OCH3 is 1. The normalized spacial score (nSPS) is 22.5. The molecule has 1 saturated heterocycles. The first kappa shape index (κ1) is 17.2. The first-order valence-electron chi connectivity index (χ1n) is 8.84. The van der Waals surface area contributed by atoms with Gasteiger partial charge in [0.25, 0.3) is 5.91 Å². The van der Waals surface area contributed by atoms with Crippen LogP contribution in [0, 0.1) is 0 Å². The van der Waals surface area contributed by atoms with Crippen molar-refractivity contribution in [2.45, 2.75) is 50.2 Å². The van der Waals surface area contributed by atoms with Crippen molar-refractivity contribution in [3.8, 4) is 0 Å². The molecular formula is C18H27N3O3. The lowest BCUT2D eigenvalue weighted by molar-refractivity contribution is -0.0767. The molecule has 132 valence electrons. The Kier molecular flexibility index (Phi) is 5.68. The molecule has 1 aromatic rings. The molecule has 0 aromatic carbocycles. The van der Waals surface area contributed by atoms with E-state index in [1.807, 2.05) is 12.1 Å². The maximum Gasteiger partial charge on any atom is 0.252 e. The minimum Gasteiger partial charge on any atom is -0.383 e. The van der Waals surface area contributed by atoms with Crippen LogP contribution in [0.2, 0.25) is 0 Å². The van der Waals surface area contributed by atoms with E-state index in [2.05, 4.69) is 15.6 Å². The molecule has 1 spiro atoms. The molecule has 24 heavy (non-hydrogen) atoms. The van der Waals surface area contributed by atoms with Gasteiger partial charge < -0.3 is 20.1 Å². The summed E-state index contributed by atoms with van der Waals surface area (Å²) in [7, 11) is 1.61. The summed E-state index contributed by atoms with van der Waals surface area (Å²) in [6.07, 6.45) is 8.58. The first-order chi connectivity index (χ1) is 11.7. The molecule has 1 amide bonds. The standard InChI is InChI=1S/C18H27N3O3/c1-23-11-9-19-17(22)14-4-5-16(20-13-14)21-15-6-10-24-18(12-15)7-2-3-8-18/h4-5,13,15H,2-3,6-12H2,1H3,(H,19,22)(H,20,21). The van der Waals surface area contributed by atoms with Crippen molar-refractivity contribution in [1.29, 1.82) is 0 Å². The summed E-state index contributed by atoms with van der Waals surface area (Å²) in [5, 5.41) is 6.30. The number of rotatable bonds is 6. The quantitative estimate of drug-likeness (QED) is 0.782. The molecule has 2 aliphatic rings. The Labute approximate surface area is 143 Å². The molecule has 3 rings (SSSR count). The third-order valence-electron chi connectivity index (χ3n) is 4.98. The lowest BCUT2D eigenvalue weighted by Gasteiger charge is -2.38. The van der Waals surface area contributed by atoms with Gasteiger partial charge in [-0.2, -0.15) is 0 Å². The highest BCUT2D eigenvalue weighted by Gasteiger charge is 2.39. The minimum absolute atomic E-state index is 0.0943. The van der Waals surface area contributed by atoms with Crippen molar-refractivity contribution >= 4 is 11.7 Å². The highest BCUT2D eigenvalue weighted by molar-refractivity contribution is 5.94. The average Bonchev–Trinajstić information content (AvgIpc) is 3.03. The Balaban J connectivity index is 1.53. The van der Waals surface area contributed by atoms with Crippen molar-refractivity contribution in [2.75, 3.05) is 32.2 Å². The van der Waals surface area contributed by atoms with Crippen LogP contribution < -0.4 is 10.6 Å². The van der Waals surface area contributed by atoms with Gasteiger partial charge in [-0.3, -0.25) is 4.79 Å². The van der Waals surface area contributed by atoms with Gasteiger partial charge in [-0.25, -0.2) is 4.98 Å². The number of nitrogens with zero attached hydrogens (tertiary/aromatic N) is 1. The molecule has 1 saturated carbocycles. The minimum atomic E-state index is -0.123. The molecule has 1 unspecified atom stereocenters. The number of pyridine rings is 1. The molecule has 2 N–H and O–H groups in total. The summed E-state index contributed by atoms with van der Waals surface area (Å²) < 4.78 is 11.0. The van der Waals surface area contributed by atoms with Crippen molar-refractivity contribution in [1.82, 2.24) is 10.3 Å². The summed E-state index contributed by atoms with van der Waals surface area (Å²) in [4.78, 5) is 16.3. The molecule has 2 heterocycles. The van der Waals surface area contributed by atoms with Crippen LogP contribution in [0.25, 0.3) is 0 Å². The summed E-state index contributed by atoms with van der Waals surface area (Å²) in [5.74, 6) is 0.700. The van der Waals surface area contributed by atoms with Crippen molar-refractivity contribution in [3.63, 3.8) is 0 Å². The number of amides is 1. The summed E-state index contributed by atoms with van der Waals surface area (Å²) >= 11 is 0. The zero-order valence-electron chi connectivity index (χ0n) is 14.3. The monoisotopic (exact) mass is 333 g/mol. The molecule has 6 nitrogen and oxygen atoms in total. The molecular weight excluding hydrogens is 306 g/mol. The van der Waals surface area contributed by atoms with E-state index < -0.39 is 0 Å². The topological polar surface area (TPSA) is 72.5 Å². The second-order valence-electron chi connectivity index (χ2n) is 6.75. The fourth-order valence-electron chi connectivity index (χ4n) is 3.71. The van der Waals surface area contributed by atoms with Crippen LogP contribution in [-0.4, -0.2) is 49.4 Å². The van der Waals surface area contributed by atoms with Crippen LogP contribution in [-0.2, 0) is 9.47 Å². The summed E-state index contributed by atoms with van der Waals surface area (Å²) in [6.45, 7) is 1.82. The van der Waals surface area contributed by atoms with Crippen LogP contribution in [0.3, 0.4) is 0 Å². The Morgan fingerprint density at radius 3 is 2.96 bits per heavy atom. The van der Waals surface area contributed by atoms with E-state index in [0.717, 1.165) is 25.3 Å². The lowest BCUT2D eigenvalue weighted by Crippen LogP contribution is -2.42. The predicted molar refractivity (Wildman–Crippen MR) is 92.2 cm³/mol. The van der Waals surface area contributed by atoms with Gasteiger partial charge in [-0.1, -0.05) is 12.8 Å². The number of nitrogens with one attached hydrogen (secondary N) is 2. The van der Waals surface area contributed by atoms with E-state index in [-0.39, 0.29) is 11.5 Å². The number of carbonyl (C=O) groups excluding carboxylic acids is 1. The first-order valence-corrected chi connectivity index (χ1v) is 8.84. The Hall–Kier alpha value is -1.66. The third-order valence-corrected chi connectivity index (χ3v) is 4.98. The number of anilines is 1. The molecule has 6 heteroatoms. The molecule has 0 radical (unpaired) electrons. The maximum absolute atomic E-state index is 11.9. The lowest BCUT2D eigenvalue weighted by atomic mass is 9.89. The van der Waals surface area contributed by atoms with Crippen molar-refractivity contribution in [3.05, 3.63) is 23.9 Å². The molecule has 1 aliphatic heterocycles. The summed E-state index contributed by atoms with van der Waals surface area (Å²) in [5.41, 5.74) is 0.660. The van der Waals surface area contributed by atoms with E-state index in [0.29, 0.717) is 24.8 Å². The van der Waals surface area contributed by atoms with Crippen LogP contribution >= 0.6 is 0 Å². The maximum atomic E-state index is 11.9. The van der Waals surface area contributed by atoms with E-state index in [1.54, 1.807) is 13.3 Å². The Bertz CT molecular complexity index is 541. The van der Waals surface area contributed by atoms with Gasteiger partial charge in [0.1, 0.15) is 5.82 Å². The van der Waals surface area contributed by atoms with Gasteiger partial charge in [0.2, 0.25) is 0 Å². The zero-order chi connectivity index (χ0) is 16.8. The molecule has 1 aliphatic carbocycles. The second-order valence-corrected chi connectivity index (χ2v) is 6.75. The van der Waals surface area contributed by atoms with Crippen LogP contribution in [0.4, 0.5) is 5.82 Å². The Morgan fingerprint density at radius 1 is 1.42 bits per heavy atom. The van der Waals surface area contributed by atoms with Crippen molar-refractivity contribution in [2.24, 2.45) is 0 Å². The fraction of sp³-hybridized carbons (Fsp3) is 0.667. The van der Waals surface area contributed by atoms with Gasteiger partial charge in [0.05, 0.1) is 17.8 Å². The number of hydrogen-bond donors (Lipinski definition) is 2. The van der Waals surface area contributed by atoms with Gasteiger partial charge >= 0.3 is 0 Å². The molecule has 1 aromatic heterocycles. The van der Waals surface area contributed by atoms with Gasteiger partial charge in [-0.15, -0.1) is 0 Å². The third kappa shape index (κ3) is 4.24. The fourth-order valence-corrected chi connectivity index (χ4v) is 3.71. The number of ether oxygens (including phenoxy) is 2. The number of carbonyl (C=O) groups is 1. The largest absolute Gasteiger partial charge is 0.383 e. The highest BCUT2D eigenvalue weighted by atomic mass is 16.5. The van der Waals surface area contributed by atoms with E-state index >= 15 is 0 Å². The van der Waals surface area contributed by atoms with Gasteiger partial charge in [0.15, 0.2) is 0 Å². The molecule has 0 bridgehead atoms. The SMILES string of the molecule is COCCNC(=O)c1ccc(NC2CCOC3(CCCC3)C2)nc1. The van der Waals surface area contributed by atoms with Crippen LogP contribution in [0.1, 0.15) is 48.9 Å². The van der Waals surface area contributed by atoms with E-state index in [9.17, 15) is 4.79 Å². The van der Waals surface area contributed by atoms with Crippen LogP contribution in [0.15, 0.2) is 18.3 Å². The molecule has 1 atom stereocenters. The predicted octanol–water partition coefficient (Wildman–Crippen LogP) is 2.36. The van der Waals surface area contributed by atoms with Gasteiger partial charge in [0, 0.05) is 32.5 Å². The zero-order valence-corrected chi connectivity index (χ0v) is 14.3.